The number of methoxy groups -OCH3 is 1. The summed E-state index contributed by atoms with van der Waals surface area (Å²) in [6.07, 6.45) is 2.78. The number of nitrogens with zero attached hydrogens (tertiary/aromatic N) is 3. The molecule has 1 aromatic carbocycles. The molecule has 32 heavy (non-hydrogen) atoms. The number of carbonyl (C=O) groups is 2. The van der Waals surface area contributed by atoms with Gasteiger partial charge in [-0.25, -0.2) is 23.5 Å². The Kier molecular flexibility index (Phi) is 7.87. The van der Waals surface area contributed by atoms with Gasteiger partial charge in [0.1, 0.15) is 0 Å². The maximum atomic E-state index is 14.5. The number of carbonyl (C=O) groups excluding carboxylic acids is 1. The maximum Gasteiger partial charge on any atom is 0.407 e. The van der Waals surface area contributed by atoms with Crippen molar-refractivity contribution < 1.29 is 33.0 Å². The zero-order valence-electron chi connectivity index (χ0n) is 17.5. The largest absolute Gasteiger partial charge is 0.487 e. The van der Waals surface area contributed by atoms with Crippen LogP contribution >= 0.6 is 0 Å². The van der Waals surface area contributed by atoms with Crippen molar-refractivity contribution in [2.75, 3.05) is 40.0 Å². The molecule has 3 rings (SSSR count). The van der Waals surface area contributed by atoms with Gasteiger partial charge in [-0.2, -0.15) is 0 Å². The first-order valence-corrected chi connectivity index (χ1v) is 10.1. The molecule has 0 atom stereocenters. The molecule has 0 spiro atoms. The van der Waals surface area contributed by atoms with Gasteiger partial charge >= 0.3 is 6.09 Å². The standard InChI is InChI=1S/C21H24F2N4O5/c1-31-7-4-24-20(28)19-25-10-15(11-26-19)14-8-16(22)18(17(23)9-14)32-12-13-2-5-27(6-3-13)21(29)30/h8-11,13H,2-7,12H2,1H3,(H,24,28)(H,29,30). The number of hydrogen-bond donors (Lipinski definition) is 2. The molecular formula is C21H24F2N4O5. The van der Waals surface area contributed by atoms with Gasteiger partial charge in [0.05, 0.1) is 13.2 Å². The Bertz CT molecular complexity index is 927. The molecule has 1 aliphatic heterocycles. The monoisotopic (exact) mass is 450 g/mol. The number of aromatic nitrogens is 2. The molecule has 0 aliphatic carbocycles. The first-order chi connectivity index (χ1) is 15.4. The van der Waals surface area contributed by atoms with Crippen molar-refractivity contribution in [1.29, 1.82) is 0 Å². The first-order valence-electron chi connectivity index (χ1n) is 10.1. The summed E-state index contributed by atoms with van der Waals surface area (Å²) in [7, 11) is 1.51. The molecule has 1 aliphatic rings. The van der Waals surface area contributed by atoms with Crippen LogP contribution in [0.5, 0.6) is 5.75 Å². The Hall–Kier alpha value is -3.34. The minimum Gasteiger partial charge on any atom is -0.487 e. The maximum absolute atomic E-state index is 14.5. The van der Waals surface area contributed by atoms with Crippen molar-refractivity contribution in [2.45, 2.75) is 12.8 Å². The SMILES string of the molecule is COCCNC(=O)c1ncc(-c2cc(F)c(OCC3CCN(C(=O)O)CC3)c(F)c2)cn1. The molecule has 0 saturated carbocycles. The molecule has 0 bridgehead atoms. The van der Waals surface area contributed by atoms with Gasteiger partial charge in [0.2, 0.25) is 5.82 Å². The molecule has 1 saturated heterocycles. The van der Waals surface area contributed by atoms with Crippen LogP contribution in [0.1, 0.15) is 23.5 Å². The quantitative estimate of drug-likeness (QED) is 0.594. The summed E-state index contributed by atoms with van der Waals surface area (Å²) in [5, 5.41) is 11.5. The van der Waals surface area contributed by atoms with Gasteiger partial charge in [-0.05, 0) is 36.5 Å². The van der Waals surface area contributed by atoms with Gasteiger partial charge in [-0.3, -0.25) is 4.79 Å². The van der Waals surface area contributed by atoms with Crippen LogP contribution in [0.25, 0.3) is 11.1 Å². The third-order valence-electron chi connectivity index (χ3n) is 5.13. The highest BCUT2D eigenvalue weighted by Crippen LogP contribution is 2.29. The normalized spacial score (nSPS) is 14.3. The number of benzene rings is 1. The third kappa shape index (κ3) is 5.88. The van der Waals surface area contributed by atoms with Gasteiger partial charge in [0.25, 0.3) is 5.91 Å². The van der Waals surface area contributed by atoms with E-state index in [4.69, 9.17) is 14.6 Å². The van der Waals surface area contributed by atoms with Crippen LogP contribution in [0.4, 0.5) is 13.6 Å². The summed E-state index contributed by atoms with van der Waals surface area (Å²) in [5.74, 6) is -2.76. The fourth-order valence-electron chi connectivity index (χ4n) is 3.30. The summed E-state index contributed by atoms with van der Waals surface area (Å²) < 4.78 is 39.3. The zero-order chi connectivity index (χ0) is 23.1. The summed E-state index contributed by atoms with van der Waals surface area (Å²) in [6.45, 7) is 1.48. The Labute approximate surface area is 183 Å². The topological polar surface area (TPSA) is 114 Å². The number of hydrogen-bond acceptors (Lipinski definition) is 6. The molecule has 2 heterocycles. The highest BCUT2D eigenvalue weighted by Gasteiger charge is 2.24. The van der Waals surface area contributed by atoms with Crippen molar-refractivity contribution in [3.8, 4) is 16.9 Å². The van der Waals surface area contributed by atoms with Crippen LogP contribution in [0.15, 0.2) is 24.5 Å². The number of halogens is 2. The lowest BCUT2D eigenvalue weighted by Gasteiger charge is -2.29. The molecule has 1 fully saturated rings. The van der Waals surface area contributed by atoms with Crippen molar-refractivity contribution in [3.63, 3.8) is 0 Å². The van der Waals surface area contributed by atoms with E-state index in [9.17, 15) is 18.4 Å². The van der Waals surface area contributed by atoms with Gasteiger partial charge in [-0.15, -0.1) is 0 Å². The molecular weight excluding hydrogens is 426 g/mol. The highest BCUT2D eigenvalue weighted by molar-refractivity contribution is 5.90. The predicted octanol–water partition coefficient (Wildman–Crippen LogP) is 2.57. The Morgan fingerprint density at radius 1 is 1.16 bits per heavy atom. The van der Waals surface area contributed by atoms with Crippen molar-refractivity contribution in [1.82, 2.24) is 20.2 Å². The number of amides is 2. The van der Waals surface area contributed by atoms with E-state index in [0.717, 1.165) is 12.1 Å². The van der Waals surface area contributed by atoms with E-state index in [1.54, 1.807) is 0 Å². The van der Waals surface area contributed by atoms with E-state index < -0.39 is 29.4 Å². The fraction of sp³-hybridized carbons (Fsp3) is 0.429. The summed E-state index contributed by atoms with van der Waals surface area (Å²) in [6, 6.07) is 2.23. The Morgan fingerprint density at radius 2 is 1.78 bits per heavy atom. The predicted molar refractivity (Wildman–Crippen MR) is 109 cm³/mol. The molecule has 2 aromatic rings. The van der Waals surface area contributed by atoms with Crippen molar-refractivity contribution in [2.24, 2.45) is 5.92 Å². The van der Waals surface area contributed by atoms with Crippen molar-refractivity contribution >= 4 is 12.0 Å². The van der Waals surface area contributed by atoms with Crippen LogP contribution in [0.3, 0.4) is 0 Å². The second-order valence-corrected chi connectivity index (χ2v) is 7.34. The lowest BCUT2D eigenvalue weighted by molar-refractivity contribution is 0.0926. The number of carboxylic acid groups (broad SMARTS) is 1. The van der Waals surface area contributed by atoms with E-state index in [0.29, 0.717) is 44.6 Å². The number of ether oxygens (including phenoxy) is 2. The second kappa shape index (κ2) is 10.8. The summed E-state index contributed by atoms with van der Waals surface area (Å²) >= 11 is 0. The average Bonchev–Trinajstić information content (AvgIpc) is 2.79. The summed E-state index contributed by atoms with van der Waals surface area (Å²) in [4.78, 5) is 32.1. The number of likely N-dealkylation sites (tertiary alicyclic amines) is 1. The molecule has 1 aromatic heterocycles. The molecule has 2 amide bonds. The first kappa shape index (κ1) is 23.3. The van der Waals surface area contributed by atoms with E-state index in [1.807, 2.05) is 0 Å². The van der Waals surface area contributed by atoms with Gasteiger partial charge in [0, 0.05) is 44.7 Å². The second-order valence-electron chi connectivity index (χ2n) is 7.34. The smallest absolute Gasteiger partial charge is 0.407 e. The van der Waals surface area contributed by atoms with E-state index in [2.05, 4.69) is 15.3 Å². The fourth-order valence-corrected chi connectivity index (χ4v) is 3.30. The minimum absolute atomic E-state index is 0.0139. The Balaban J connectivity index is 1.61. The molecule has 11 heteroatoms. The Morgan fingerprint density at radius 3 is 2.34 bits per heavy atom. The van der Waals surface area contributed by atoms with Crippen LogP contribution in [0.2, 0.25) is 0 Å². The third-order valence-corrected chi connectivity index (χ3v) is 5.13. The van der Waals surface area contributed by atoms with Crippen LogP contribution in [0, 0.1) is 17.6 Å². The minimum atomic E-state index is -0.971. The number of nitrogens with one attached hydrogen (secondary N) is 1. The number of rotatable bonds is 8. The molecule has 0 unspecified atom stereocenters. The van der Waals surface area contributed by atoms with Gasteiger partial charge in [0.15, 0.2) is 17.4 Å². The van der Waals surface area contributed by atoms with Crippen LogP contribution in [-0.2, 0) is 4.74 Å². The molecule has 0 radical (unpaired) electrons. The average molecular weight is 450 g/mol. The summed E-state index contributed by atoms with van der Waals surface area (Å²) in [5.41, 5.74) is 0.539. The van der Waals surface area contributed by atoms with Gasteiger partial charge < -0.3 is 24.8 Å². The van der Waals surface area contributed by atoms with E-state index in [1.165, 1.54) is 24.4 Å². The highest BCUT2D eigenvalue weighted by atomic mass is 19.1. The van der Waals surface area contributed by atoms with Crippen molar-refractivity contribution in [3.05, 3.63) is 42.0 Å². The molecule has 2 N–H and O–H groups in total. The van der Waals surface area contributed by atoms with E-state index in [-0.39, 0.29) is 23.9 Å². The molecule has 9 nitrogen and oxygen atoms in total. The lowest BCUT2D eigenvalue weighted by Crippen LogP contribution is -2.38. The van der Waals surface area contributed by atoms with Crippen LogP contribution in [-0.4, -0.2) is 71.9 Å². The molecule has 172 valence electrons. The van der Waals surface area contributed by atoms with E-state index >= 15 is 0 Å². The number of piperidine rings is 1. The van der Waals surface area contributed by atoms with Crippen LogP contribution < -0.4 is 10.1 Å². The lowest BCUT2D eigenvalue weighted by atomic mass is 9.98. The van der Waals surface area contributed by atoms with Gasteiger partial charge in [-0.1, -0.05) is 0 Å². The zero-order valence-corrected chi connectivity index (χ0v) is 17.5.